The summed E-state index contributed by atoms with van der Waals surface area (Å²) in [6.07, 6.45) is 2.22. The number of anilines is 1. The van der Waals surface area contributed by atoms with Crippen LogP contribution in [0.1, 0.15) is 12.8 Å². The van der Waals surface area contributed by atoms with E-state index in [2.05, 4.69) is 16.9 Å². The topological polar surface area (TPSA) is 60.6 Å². The zero-order valence-corrected chi connectivity index (χ0v) is 10.3. The molecular weight excluding hydrogens is 218 g/mol. The second-order valence-corrected chi connectivity index (χ2v) is 4.37. The minimum atomic E-state index is 0.202. The first kappa shape index (κ1) is 12.0. The third kappa shape index (κ3) is 3.00. The molecule has 1 saturated heterocycles. The van der Waals surface area contributed by atoms with Gasteiger partial charge in [0.2, 0.25) is 11.8 Å². The summed E-state index contributed by atoms with van der Waals surface area (Å²) in [7, 11) is 3.70. The summed E-state index contributed by atoms with van der Waals surface area (Å²) in [5.41, 5.74) is 6.40. The molecule has 0 saturated carbocycles. The van der Waals surface area contributed by atoms with Crippen LogP contribution in [0.2, 0.25) is 0 Å². The van der Waals surface area contributed by atoms with E-state index in [4.69, 9.17) is 15.2 Å². The number of piperidine rings is 1. The molecule has 0 bridgehead atoms. The maximum Gasteiger partial charge on any atom is 0.240 e. The molecule has 1 aliphatic heterocycles. The number of methoxy groups -OCH3 is 1. The van der Waals surface area contributed by atoms with Crippen LogP contribution in [0.25, 0.3) is 0 Å². The number of hydrogen-bond acceptors (Lipinski definition) is 5. The zero-order valence-electron chi connectivity index (χ0n) is 10.3. The Bertz CT molecular complexity index is 376. The van der Waals surface area contributed by atoms with Crippen LogP contribution in [0, 0.1) is 0 Å². The van der Waals surface area contributed by atoms with Gasteiger partial charge in [-0.2, -0.15) is 4.98 Å². The lowest BCUT2D eigenvalue weighted by atomic mass is 10.1. The van der Waals surface area contributed by atoms with Crippen LogP contribution < -0.4 is 15.2 Å². The van der Waals surface area contributed by atoms with Crippen LogP contribution in [0.5, 0.6) is 11.8 Å². The Hall–Kier alpha value is -1.49. The maximum atomic E-state index is 5.84. The van der Waals surface area contributed by atoms with Crippen molar-refractivity contribution in [2.45, 2.75) is 18.9 Å². The van der Waals surface area contributed by atoms with Crippen molar-refractivity contribution in [2.75, 3.05) is 33.0 Å². The highest BCUT2D eigenvalue weighted by molar-refractivity contribution is 5.49. The van der Waals surface area contributed by atoms with Gasteiger partial charge in [-0.25, -0.2) is 0 Å². The van der Waals surface area contributed by atoms with E-state index in [0.29, 0.717) is 17.4 Å². The molecule has 1 fully saturated rings. The van der Waals surface area contributed by atoms with Gasteiger partial charge in [-0.1, -0.05) is 0 Å². The molecule has 17 heavy (non-hydrogen) atoms. The van der Waals surface area contributed by atoms with Gasteiger partial charge in [-0.15, -0.1) is 0 Å². The lowest BCUT2D eigenvalue weighted by molar-refractivity contribution is 0.110. The van der Waals surface area contributed by atoms with Gasteiger partial charge < -0.3 is 20.1 Å². The molecular formula is C12H19N3O2. The number of pyridine rings is 1. The third-order valence-corrected chi connectivity index (χ3v) is 3.02. The number of ether oxygens (including phenoxy) is 2. The molecule has 2 heterocycles. The molecule has 0 atom stereocenters. The van der Waals surface area contributed by atoms with E-state index in [9.17, 15) is 0 Å². The van der Waals surface area contributed by atoms with Gasteiger partial charge in [0, 0.05) is 19.2 Å². The minimum Gasteiger partial charge on any atom is -0.481 e. The number of rotatable bonds is 3. The van der Waals surface area contributed by atoms with Crippen molar-refractivity contribution in [3.63, 3.8) is 0 Å². The van der Waals surface area contributed by atoms with Gasteiger partial charge in [0.1, 0.15) is 6.10 Å². The molecule has 5 heteroatoms. The van der Waals surface area contributed by atoms with Crippen molar-refractivity contribution in [1.82, 2.24) is 9.88 Å². The van der Waals surface area contributed by atoms with E-state index in [0.717, 1.165) is 25.9 Å². The van der Waals surface area contributed by atoms with Crippen molar-refractivity contribution in [3.05, 3.63) is 12.1 Å². The minimum absolute atomic E-state index is 0.202. The van der Waals surface area contributed by atoms with Crippen LogP contribution in [-0.2, 0) is 0 Å². The highest BCUT2D eigenvalue weighted by Gasteiger charge is 2.19. The molecule has 1 aromatic rings. The van der Waals surface area contributed by atoms with Crippen molar-refractivity contribution < 1.29 is 9.47 Å². The molecule has 2 N–H and O–H groups in total. The lowest BCUT2D eigenvalue weighted by Gasteiger charge is -2.29. The molecule has 94 valence electrons. The fraction of sp³-hybridized carbons (Fsp3) is 0.583. The van der Waals surface area contributed by atoms with E-state index in [-0.39, 0.29) is 6.10 Å². The highest BCUT2D eigenvalue weighted by atomic mass is 16.5. The number of hydrogen-bond donors (Lipinski definition) is 1. The Balaban J connectivity index is 2.02. The summed E-state index contributed by atoms with van der Waals surface area (Å²) >= 11 is 0. The summed E-state index contributed by atoms with van der Waals surface area (Å²) in [5, 5.41) is 0. The van der Waals surface area contributed by atoms with Crippen LogP contribution in [0.4, 0.5) is 5.69 Å². The number of nitrogen functional groups attached to an aromatic ring is 1. The van der Waals surface area contributed by atoms with Crippen molar-refractivity contribution in [1.29, 1.82) is 0 Å². The maximum absolute atomic E-state index is 5.84. The van der Waals surface area contributed by atoms with Gasteiger partial charge in [0.15, 0.2) is 0 Å². The van der Waals surface area contributed by atoms with E-state index in [1.54, 1.807) is 19.2 Å². The summed E-state index contributed by atoms with van der Waals surface area (Å²) in [6.45, 7) is 2.10. The lowest BCUT2D eigenvalue weighted by Crippen LogP contribution is -2.35. The standard InChI is InChI=1S/C12H19N3O2/c1-15-7-5-9(6-8-15)17-12-10(13)3-4-11(14-12)16-2/h3-4,9H,5-8,13H2,1-2H3. The molecule has 5 nitrogen and oxygen atoms in total. The van der Waals surface area contributed by atoms with Gasteiger partial charge in [0.25, 0.3) is 0 Å². The summed E-state index contributed by atoms with van der Waals surface area (Å²) < 4.78 is 10.9. The van der Waals surface area contributed by atoms with Crippen molar-refractivity contribution in [3.8, 4) is 11.8 Å². The number of nitrogens with two attached hydrogens (primary N) is 1. The SMILES string of the molecule is COc1ccc(N)c(OC2CCN(C)CC2)n1. The molecule has 0 spiro atoms. The number of likely N-dealkylation sites (tertiary alicyclic amines) is 1. The van der Waals surface area contributed by atoms with Crippen LogP contribution in [-0.4, -0.2) is 43.2 Å². The molecule has 0 amide bonds. The highest BCUT2D eigenvalue weighted by Crippen LogP contribution is 2.25. The first-order valence-electron chi connectivity index (χ1n) is 5.84. The fourth-order valence-electron chi connectivity index (χ4n) is 1.90. The average molecular weight is 237 g/mol. The average Bonchev–Trinajstić information content (AvgIpc) is 2.35. The monoisotopic (exact) mass is 237 g/mol. The Morgan fingerprint density at radius 3 is 2.71 bits per heavy atom. The molecule has 1 aromatic heterocycles. The van der Waals surface area contributed by atoms with Crippen LogP contribution in [0.3, 0.4) is 0 Å². The summed E-state index contributed by atoms with van der Waals surface area (Å²) in [4.78, 5) is 6.51. The predicted octanol–water partition coefficient (Wildman–Crippen LogP) is 1.15. The Morgan fingerprint density at radius 1 is 1.35 bits per heavy atom. The van der Waals surface area contributed by atoms with E-state index in [1.165, 1.54) is 0 Å². The largest absolute Gasteiger partial charge is 0.481 e. The second-order valence-electron chi connectivity index (χ2n) is 4.37. The number of aromatic nitrogens is 1. The predicted molar refractivity (Wildman–Crippen MR) is 66.3 cm³/mol. The Labute approximate surface area is 102 Å². The van der Waals surface area contributed by atoms with E-state index in [1.807, 2.05) is 0 Å². The van der Waals surface area contributed by atoms with Crippen LogP contribution >= 0.6 is 0 Å². The number of nitrogens with zero attached hydrogens (tertiary/aromatic N) is 2. The van der Waals surface area contributed by atoms with Gasteiger partial charge in [0.05, 0.1) is 12.8 Å². The summed E-state index contributed by atoms with van der Waals surface area (Å²) in [6, 6.07) is 3.49. The van der Waals surface area contributed by atoms with Crippen molar-refractivity contribution in [2.24, 2.45) is 0 Å². The first-order chi connectivity index (χ1) is 8.19. The molecule has 0 unspecified atom stereocenters. The molecule has 1 aliphatic rings. The van der Waals surface area contributed by atoms with Crippen molar-refractivity contribution >= 4 is 5.69 Å². The molecule has 0 radical (unpaired) electrons. The van der Waals surface area contributed by atoms with E-state index >= 15 is 0 Å². The molecule has 0 aromatic carbocycles. The van der Waals surface area contributed by atoms with E-state index < -0.39 is 0 Å². The van der Waals surface area contributed by atoms with Gasteiger partial charge in [-0.3, -0.25) is 0 Å². The van der Waals surface area contributed by atoms with Gasteiger partial charge >= 0.3 is 0 Å². The molecule has 0 aliphatic carbocycles. The zero-order chi connectivity index (χ0) is 12.3. The smallest absolute Gasteiger partial charge is 0.240 e. The second kappa shape index (κ2) is 5.23. The first-order valence-corrected chi connectivity index (χ1v) is 5.84. The molecule has 2 rings (SSSR count). The normalized spacial score (nSPS) is 18.0. The van der Waals surface area contributed by atoms with Crippen LogP contribution in [0.15, 0.2) is 12.1 Å². The quantitative estimate of drug-likeness (QED) is 0.854. The Kier molecular flexibility index (Phi) is 3.68. The third-order valence-electron chi connectivity index (χ3n) is 3.02. The fourth-order valence-corrected chi connectivity index (χ4v) is 1.90. The van der Waals surface area contributed by atoms with Gasteiger partial charge in [-0.05, 0) is 26.0 Å². The summed E-state index contributed by atoms with van der Waals surface area (Å²) in [5.74, 6) is 1.01. The Morgan fingerprint density at radius 2 is 2.06 bits per heavy atom.